The van der Waals surface area contributed by atoms with Crippen LogP contribution in [0.5, 0.6) is 0 Å². The van der Waals surface area contributed by atoms with Gasteiger partial charge >= 0.3 is 0 Å². The average Bonchev–Trinajstić information content (AvgIpc) is 3.24. The lowest BCUT2D eigenvalue weighted by Crippen LogP contribution is -2.69. The molecule has 25 atom stereocenters. The Labute approximate surface area is 368 Å². The highest BCUT2D eigenvalue weighted by molar-refractivity contribution is 6.76. The molecule has 0 aromatic carbocycles. The van der Waals surface area contributed by atoms with Crippen molar-refractivity contribution in [2.24, 2.45) is 0 Å². The van der Waals surface area contributed by atoms with Crippen molar-refractivity contribution in [1.29, 1.82) is 0 Å². The van der Waals surface area contributed by atoms with Gasteiger partial charge in [0.15, 0.2) is 31.5 Å². The van der Waals surface area contributed by atoms with E-state index in [9.17, 15) is 76.3 Å². The number of rotatable bonds is 17. The van der Waals surface area contributed by atoms with Crippen molar-refractivity contribution in [1.82, 2.24) is 5.32 Å². The molecule has 5 aliphatic rings. The third-order valence-corrected chi connectivity index (χ3v) is 13.5. The van der Waals surface area contributed by atoms with Crippen LogP contribution in [-0.4, -0.2) is 272 Å². The number of aliphatic hydroxyl groups is 14. The summed E-state index contributed by atoms with van der Waals surface area (Å²) in [5.41, 5.74) is 0. The number of hydrogen-bond acceptors (Lipinski definition) is 25. The van der Waals surface area contributed by atoms with Gasteiger partial charge in [-0.05, 0) is 13.0 Å². The van der Waals surface area contributed by atoms with Gasteiger partial charge < -0.3 is 124 Å². The van der Waals surface area contributed by atoms with Crippen LogP contribution < -0.4 is 5.32 Å². The molecule has 64 heavy (non-hydrogen) atoms. The maximum Gasteiger partial charge on any atom is 0.217 e. The fraction of sp³-hybridized carbons (Fsp3) is 0.973. The molecule has 5 heterocycles. The molecule has 5 saturated heterocycles. The van der Waals surface area contributed by atoms with Crippen molar-refractivity contribution in [3.05, 3.63) is 0 Å². The molecule has 0 saturated carbocycles. The zero-order valence-corrected chi connectivity index (χ0v) is 36.9. The minimum Gasteiger partial charge on any atom is -0.394 e. The van der Waals surface area contributed by atoms with Gasteiger partial charge in [-0.1, -0.05) is 19.6 Å². The first kappa shape index (κ1) is 53.7. The predicted octanol–water partition coefficient (Wildman–Crippen LogP) is -8.39. The third-order valence-electron chi connectivity index (χ3n) is 11.8. The summed E-state index contributed by atoms with van der Waals surface area (Å²) in [5, 5.41) is 152. The van der Waals surface area contributed by atoms with Crippen LogP contribution in [-0.2, 0) is 52.2 Å². The van der Waals surface area contributed by atoms with Gasteiger partial charge in [-0.25, -0.2) is 0 Å². The summed E-state index contributed by atoms with van der Waals surface area (Å²) in [5.74, 6) is -0.610. The fourth-order valence-corrected chi connectivity index (χ4v) is 8.57. The number of aliphatic hydroxyl groups excluding tert-OH is 14. The number of hydrogen-bond donors (Lipinski definition) is 15. The molecule has 0 spiro atoms. The van der Waals surface area contributed by atoms with Crippen molar-refractivity contribution in [2.75, 3.05) is 33.0 Å². The highest BCUT2D eigenvalue weighted by atomic mass is 28.3. The molecular weight excluding hydrogens is 886 g/mol. The molecule has 0 aromatic heterocycles. The van der Waals surface area contributed by atoms with Gasteiger partial charge in [0.1, 0.15) is 116 Å². The molecular formula is C37H67NO25Si. The molecule has 5 fully saturated rings. The van der Waals surface area contributed by atoms with Crippen LogP contribution in [0, 0.1) is 0 Å². The second-order valence-corrected chi connectivity index (χ2v) is 23.5. The first-order valence-corrected chi connectivity index (χ1v) is 24.8. The van der Waals surface area contributed by atoms with E-state index >= 15 is 0 Å². The van der Waals surface area contributed by atoms with Crippen LogP contribution in [0.3, 0.4) is 0 Å². The number of carbonyl (C=O) groups is 1. The Morgan fingerprint density at radius 2 is 0.938 bits per heavy atom. The number of carbonyl (C=O) groups excluding carboxylic acids is 1. The molecule has 0 aliphatic carbocycles. The molecule has 0 unspecified atom stereocenters. The van der Waals surface area contributed by atoms with Crippen LogP contribution in [0.2, 0.25) is 25.7 Å². The highest BCUT2D eigenvalue weighted by Crippen LogP contribution is 2.36. The summed E-state index contributed by atoms with van der Waals surface area (Å²) < 4.78 is 58.2. The van der Waals surface area contributed by atoms with Crippen molar-refractivity contribution < 1.29 is 124 Å². The number of ether oxygens (including phenoxy) is 10. The first-order chi connectivity index (χ1) is 30.0. The van der Waals surface area contributed by atoms with Crippen LogP contribution in [0.1, 0.15) is 13.8 Å². The van der Waals surface area contributed by atoms with E-state index in [1.54, 1.807) is 0 Å². The Hall–Kier alpha value is -1.27. The fourth-order valence-electron chi connectivity index (χ4n) is 7.83. The van der Waals surface area contributed by atoms with Crippen LogP contribution in [0.4, 0.5) is 0 Å². The molecule has 27 heteroatoms. The van der Waals surface area contributed by atoms with Gasteiger partial charge in [0.2, 0.25) is 5.91 Å². The Balaban J connectivity index is 1.40. The molecule has 0 bridgehead atoms. The largest absolute Gasteiger partial charge is 0.394 e. The molecule has 0 aromatic rings. The Morgan fingerprint density at radius 1 is 0.500 bits per heavy atom. The molecule has 0 radical (unpaired) electrons. The van der Waals surface area contributed by atoms with E-state index in [1.165, 1.54) is 13.8 Å². The van der Waals surface area contributed by atoms with Gasteiger partial charge in [0.25, 0.3) is 0 Å². The van der Waals surface area contributed by atoms with E-state index in [-0.39, 0.29) is 6.61 Å². The minimum atomic E-state index is -2.09. The minimum absolute atomic E-state index is 0.161. The second kappa shape index (κ2) is 22.9. The Bertz CT molecular complexity index is 1450. The van der Waals surface area contributed by atoms with Crippen molar-refractivity contribution in [2.45, 2.75) is 193 Å². The Kier molecular flexibility index (Phi) is 19.2. The van der Waals surface area contributed by atoms with Crippen LogP contribution in [0.25, 0.3) is 0 Å². The van der Waals surface area contributed by atoms with Crippen molar-refractivity contribution >= 4 is 14.0 Å². The lowest BCUT2D eigenvalue weighted by molar-refractivity contribution is -0.399. The van der Waals surface area contributed by atoms with Crippen molar-refractivity contribution in [3.8, 4) is 0 Å². The Morgan fingerprint density at radius 3 is 1.50 bits per heavy atom. The van der Waals surface area contributed by atoms with Gasteiger partial charge in [-0.15, -0.1) is 0 Å². The van der Waals surface area contributed by atoms with Crippen LogP contribution in [0.15, 0.2) is 0 Å². The first-order valence-electron chi connectivity index (χ1n) is 21.1. The average molecular weight is 954 g/mol. The summed E-state index contributed by atoms with van der Waals surface area (Å²) in [4.78, 5) is 12.5. The SMILES string of the molecule is CC(=O)N[C@H]1[C@H](OCC[Si](C)(C)C)O[C@H](CO)[C@@H](O)[C@@H]1O[C@@H]1O[C@H](CO)[C@H](O)[C@H](O)[C@H]1O[C@@H]1O[C@@H](C)[C@@H](O)[C@@H](O)[C@@H]1O[C@H]1O[C@H](CO[C@H]2O[C@H](CO)[C@H](O)[C@H](O)[C@H]2O)[C@H](O)[C@H](O)[C@H]1O. The van der Waals surface area contributed by atoms with E-state index in [1.807, 2.05) is 0 Å². The van der Waals surface area contributed by atoms with Crippen LogP contribution >= 0.6 is 0 Å². The molecule has 15 N–H and O–H groups in total. The standard InChI is InChI=1S/C37H67NO25Si/c1-12-19(43)26(50)31(62-35-29(53)25(49)22(46)17(60-35)11-55-34-28(52)24(48)20(44)14(8-39)58-34)36(56-12)63-32-27(51)21(45)15(9-40)59-37(32)61-30-18(38-13(2)42)33(54-6-7-64(3,4)5)57-16(10-41)23(30)47/h12,14-37,39-41,43-53H,6-11H2,1-5H3,(H,38,42)/t12-,14+,15+,16+,17+,18+,19+,20-,21-,22-,23+,24-,25-,26+,27-,28+,29+,30+,31-,32+,33+,34-,35+,36-,37-/m0/s1. The zero-order valence-electron chi connectivity index (χ0n) is 35.9. The normalized spacial score (nSPS) is 48.2. The van der Waals surface area contributed by atoms with E-state index in [0.717, 1.165) is 0 Å². The van der Waals surface area contributed by atoms with E-state index in [4.69, 9.17) is 47.4 Å². The monoisotopic (exact) mass is 953 g/mol. The summed E-state index contributed by atoms with van der Waals surface area (Å²) >= 11 is 0. The smallest absolute Gasteiger partial charge is 0.217 e. The van der Waals surface area contributed by atoms with Gasteiger partial charge in [0.05, 0.1) is 32.5 Å². The van der Waals surface area contributed by atoms with Crippen molar-refractivity contribution in [3.63, 3.8) is 0 Å². The van der Waals surface area contributed by atoms with E-state index < -0.39 is 194 Å². The highest BCUT2D eigenvalue weighted by Gasteiger charge is 2.56. The topological polar surface area (TPSA) is 405 Å². The third kappa shape index (κ3) is 12.3. The van der Waals surface area contributed by atoms with E-state index in [2.05, 4.69) is 25.0 Å². The summed E-state index contributed by atoms with van der Waals surface area (Å²) in [6, 6.07) is -0.648. The second-order valence-electron chi connectivity index (χ2n) is 17.9. The summed E-state index contributed by atoms with van der Waals surface area (Å²) in [7, 11) is -1.66. The van der Waals surface area contributed by atoms with E-state index in [0.29, 0.717) is 6.04 Å². The summed E-state index contributed by atoms with van der Waals surface area (Å²) in [6.07, 6.45) is -42.1. The number of nitrogens with one attached hydrogen (secondary N) is 1. The molecule has 374 valence electrons. The molecule has 26 nitrogen and oxygen atoms in total. The maximum atomic E-state index is 12.5. The quantitative estimate of drug-likeness (QED) is 0.0602. The lowest BCUT2D eigenvalue weighted by Gasteiger charge is -2.50. The molecule has 5 rings (SSSR count). The maximum absolute atomic E-state index is 12.5. The molecule has 5 aliphatic heterocycles. The lowest BCUT2D eigenvalue weighted by atomic mass is 9.95. The summed E-state index contributed by atoms with van der Waals surface area (Å²) in [6.45, 7) is 5.81. The van der Waals surface area contributed by atoms with Gasteiger partial charge in [0, 0.05) is 21.6 Å². The van der Waals surface area contributed by atoms with Gasteiger partial charge in [-0.3, -0.25) is 4.79 Å². The number of amides is 1. The van der Waals surface area contributed by atoms with Gasteiger partial charge in [-0.2, -0.15) is 0 Å². The molecule has 1 amide bonds. The predicted molar refractivity (Wildman–Crippen MR) is 209 cm³/mol. The zero-order chi connectivity index (χ0) is 47.5.